The maximum atomic E-state index is 12.7. The number of nitriles is 1. The lowest BCUT2D eigenvalue weighted by molar-refractivity contribution is 0.0757. The van der Waals surface area contributed by atoms with Crippen molar-refractivity contribution < 1.29 is 9.53 Å². The molecule has 0 N–H and O–H groups in total. The smallest absolute Gasteiger partial charge is 0.259 e. The van der Waals surface area contributed by atoms with Crippen molar-refractivity contribution in [3.8, 4) is 11.8 Å². The van der Waals surface area contributed by atoms with Gasteiger partial charge in [0.2, 0.25) is 0 Å². The first-order valence-corrected chi connectivity index (χ1v) is 7.65. The minimum Gasteiger partial charge on any atom is -0.496 e. The summed E-state index contributed by atoms with van der Waals surface area (Å²) < 4.78 is 5.27. The monoisotopic (exact) mass is 326 g/mol. The molecule has 0 radical (unpaired) electrons. The zero-order valence-electron chi connectivity index (χ0n) is 12.6. The Kier molecular flexibility index (Phi) is 4.22. The molecule has 0 saturated heterocycles. The number of fused-ring (bicyclic) bond motifs is 1. The van der Waals surface area contributed by atoms with Crippen LogP contribution in [0.25, 0.3) is 0 Å². The lowest BCUT2D eigenvalue weighted by Gasteiger charge is -2.20. The summed E-state index contributed by atoms with van der Waals surface area (Å²) in [5.41, 5.74) is 2.28. The molecule has 2 aromatic rings. The van der Waals surface area contributed by atoms with Crippen molar-refractivity contribution in [2.24, 2.45) is 0 Å². The van der Waals surface area contributed by atoms with E-state index in [4.69, 9.17) is 16.3 Å². The maximum absolute atomic E-state index is 12.7. The fourth-order valence-corrected chi connectivity index (χ4v) is 3.00. The van der Waals surface area contributed by atoms with E-state index in [1.54, 1.807) is 17.0 Å². The van der Waals surface area contributed by atoms with Gasteiger partial charge in [-0.15, -0.1) is 0 Å². The van der Waals surface area contributed by atoms with Crippen molar-refractivity contribution in [3.63, 3.8) is 0 Å². The number of benzene rings is 2. The van der Waals surface area contributed by atoms with Gasteiger partial charge in [0.15, 0.2) is 0 Å². The molecule has 1 unspecified atom stereocenters. The number of carbonyl (C=O) groups excluding carboxylic acids is 1. The summed E-state index contributed by atoms with van der Waals surface area (Å²) in [5.74, 6) is 0.361. The van der Waals surface area contributed by atoms with Crippen molar-refractivity contribution in [2.75, 3.05) is 13.7 Å². The van der Waals surface area contributed by atoms with Gasteiger partial charge in [0, 0.05) is 17.1 Å². The maximum Gasteiger partial charge on any atom is 0.259 e. The zero-order chi connectivity index (χ0) is 16.4. The molecule has 0 aromatic heterocycles. The molecule has 23 heavy (non-hydrogen) atoms. The quantitative estimate of drug-likeness (QED) is 0.862. The summed E-state index contributed by atoms with van der Waals surface area (Å²) in [6.45, 7) is 0.469. The van der Waals surface area contributed by atoms with Gasteiger partial charge < -0.3 is 9.64 Å². The Morgan fingerprint density at radius 3 is 2.65 bits per heavy atom. The van der Waals surface area contributed by atoms with Crippen LogP contribution in [0.1, 0.15) is 27.5 Å². The van der Waals surface area contributed by atoms with Gasteiger partial charge in [0.05, 0.1) is 18.7 Å². The first kappa shape index (κ1) is 15.4. The van der Waals surface area contributed by atoms with Crippen LogP contribution in [0.2, 0.25) is 5.02 Å². The fraction of sp³-hybridized carbons (Fsp3) is 0.222. The molecule has 0 aliphatic carbocycles. The van der Waals surface area contributed by atoms with E-state index in [2.05, 4.69) is 6.07 Å². The van der Waals surface area contributed by atoms with Crippen LogP contribution in [-0.4, -0.2) is 24.5 Å². The Morgan fingerprint density at radius 1 is 1.26 bits per heavy atom. The molecule has 4 nitrogen and oxygen atoms in total. The molecule has 0 saturated carbocycles. The first-order valence-electron chi connectivity index (χ1n) is 7.27. The molecule has 1 amide bonds. The summed E-state index contributed by atoms with van der Waals surface area (Å²) in [6.07, 6.45) is 0.664. The van der Waals surface area contributed by atoms with Crippen LogP contribution in [-0.2, 0) is 6.42 Å². The number of amides is 1. The van der Waals surface area contributed by atoms with Crippen molar-refractivity contribution in [2.45, 2.75) is 12.5 Å². The standard InChI is InChI=1S/C18H15ClN2O2/c1-23-16-4-2-3-14-15(11-20)21(18(22)17(14)16)10-9-12-5-7-13(19)8-6-12/h2-8,15H,9-10H2,1H3. The van der Waals surface area contributed by atoms with Gasteiger partial charge in [-0.2, -0.15) is 5.26 Å². The van der Waals surface area contributed by atoms with Crippen LogP contribution < -0.4 is 4.74 Å². The Labute approximate surface area is 139 Å². The molecule has 5 heteroatoms. The van der Waals surface area contributed by atoms with E-state index in [9.17, 15) is 10.1 Å². The van der Waals surface area contributed by atoms with Crippen LogP contribution >= 0.6 is 11.6 Å². The van der Waals surface area contributed by atoms with Crippen LogP contribution in [0.4, 0.5) is 0 Å². The highest BCUT2D eigenvalue weighted by Crippen LogP contribution is 2.38. The molecule has 1 aliphatic rings. The topological polar surface area (TPSA) is 53.3 Å². The molecule has 116 valence electrons. The molecular formula is C18H15ClN2O2. The minimum atomic E-state index is -0.570. The molecule has 0 spiro atoms. The van der Waals surface area contributed by atoms with Crippen LogP contribution in [0.15, 0.2) is 42.5 Å². The number of methoxy groups -OCH3 is 1. The van der Waals surface area contributed by atoms with Gasteiger partial charge >= 0.3 is 0 Å². The van der Waals surface area contributed by atoms with Gasteiger partial charge in [-0.05, 0) is 30.2 Å². The molecule has 1 atom stereocenters. The minimum absolute atomic E-state index is 0.155. The summed E-state index contributed by atoms with van der Waals surface area (Å²) in [5, 5.41) is 10.2. The van der Waals surface area contributed by atoms with E-state index in [0.29, 0.717) is 34.9 Å². The Bertz CT molecular complexity index is 781. The second-order valence-corrected chi connectivity index (χ2v) is 5.77. The third kappa shape index (κ3) is 2.76. The van der Waals surface area contributed by atoms with E-state index >= 15 is 0 Å². The number of halogens is 1. The van der Waals surface area contributed by atoms with Crippen molar-refractivity contribution in [1.82, 2.24) is 4.90 Å². The Morgan fingerprint density at radius 2 is 2.00 bits per heavy atom. The fourth-order valence-electron chi connectivity index (χ4n) is 2.87. The highest BCUT2D eigenvalue weighted by molar-refractivity contribution is 6.30. The molecule has 2 aromatic carbocycles. The van der Waals surface area contributed by atoms with E-state index < -0.39 is 6.04 Å². The number of rotatable bonds is 4. The molecule has 0 fully saturated rings. The first-order chi connectivity index (χ1) is 11.2. The highest BCUT2D eigenvalue weighted by Gasteiger charge is 2.38. The summed E-state index contributed by atoms with van der Waals surface area (Å²) in [6, 6.07) is 14.5. The molecular weight excluding hydrogens is 312 g/mol. The number of hydrogen-bond acceptors (Lipinski definition) is 3. The SMILES string of the molecule is COc1cccc2c1C(=O)N(CCc1ccc(Cl)cc1)C2C#N. The molecule has 1 heterocycles. The average Bonchev–Trinajstić information content (AvgIpc) is 2.86. The van der Waals surface area contributed by atoms with Gasteiger partial charge in [-0.1, -0.05) is 35.9 Å². The van der Waals surface area contributed by atoms with Crippen molar-refractivity contribution >= 4 is 17.5 Å². The predicted octanol–water partition coefficient (Wildman–Crippen LogP) is 3.61. The molecule has 0 bridgehead atoms. The second kappa shape index (κ2) is 6.31. The van der Waals surface area contributed by atoms with Crippen molar-refractivity contribution in [3.05, 3.63) is 64.2 Å². The number of nitrogens with zero attached hydrogens (tertiary/aromatic N) is 2. The number of carbonyl (C=O) groups is 1. The molecule has 1 aliphatic heterocycles. The Hall–Kier alpha value is -2.51. The molecule has 3 rings (SSSR count). The Balaban J connectivity index is 1.85. The summed E-state index contributed by atoms with van der Waals surface area (Å²) in [7, 11) is 1.53. The summed E-state index contributed by atoms with van der Waals surface area (Å²) >= 11 is 5.88. The van der Waals surface area contributed by atoms with Gasteiger partial charge in [-0.25, -0.2) is 0 Å². The van der Waals surface area contributed by atoms with Gasteiger partial charge in [0.25, 0.3) is 5.91 Å². The van der Waals surface area contributed by atoms with Crippen LogP contribution in [0, 0.1) is 11.3 Å². The predicted molar refractivity (Wildman–Crippen MR) is 87.5 cm³/mol. The van der Waals surface area contributed by atoms with E-state index in [1.165, 1.54) is 7.11 Å². The van der Waals surface area contributed by atoms with Crippen LogP contribution in [0.3, 0.4) is 0 Å². The van der Waals surface area contributed by atoms with Crippen molar-refractivity contribution in [1.29, 1.82) is 5.26 Å². The largest absolute Gasteiger partial charge is 0.496 e. The third-order valence-electron chi connectivity index (χ3n) is 4.04. The third-order valence-corrected chi connectivity index (χ3v) is 4.29. The van der Waals surface area contributed by atoms with E-state index in [1.807, 2.05) is 30.3 Å². The second-order valence-electron chi connectivity index (χ2n) is 5.33. The van der Waals surface area contributed by atoms with Crippen LogP contribution in [0.5, 0.6) is 5.75 Å². The number of hydrogen-bond donors (Lipinski definition) is 0. The highest BCUT2D eigenvalue weighted by atomic mass is 35.5. The lowest BCUT2D eigenvalue weighted by atomic mass is 10.0. The normalized spacial score (nSPS) is 16.1. The number of ether oxygens (including phenoxy) is 1. The summed E-state index contributed by atoms with van der Waals surface area (Å²) in [4.78, 5) is 14.3. The van der Waals surface area contributed by atoms with E-state index in [0.717, 1.165) is 5.56 Å². The zero-order valence-corrected chi connectivity index (χ0v) is 13.4. The lowest BCUT2D eigenvalue weighted by Crippen LogP contribution is -2.29. The van der Waals surface area contributed by atoms with Gasteiger partial charge in [0.1, 0.15) is 11.8 Å². The van der Waals surface area contributed by atoms with Gasteiger partial charge in [-0.3, -0.25) is 4.79 Å². The average molecular weight is 327 g/mol. The van der Waals surface area contributed by atoms with E-state index in [-0.39, 0.29) is 5.91 Å².